The van der Waals surface area contributed by atoms with Gasteiger partial charge in [0.2, 0.25) is 0 Å². The van der Waals surface area contributed by atoms with Crippen molar-refractivity contribution in [2.24, 2.45) is 0 Å². The van der Waals surface area contributed by atoms with E-state index in [1.807, 2.05) is 29.1 Å². The molecule has 6 heteroatoms. The molecule has 0 aliphatic heterocycles. The van der Waals surface area contributed by atoms with Crippen LogP contribution in [0, 0.1) is 0 Å². The van der Waals surface area contributed by atoms with Crippen molar-refractivity contribution in [1.82, 2.24) is 24.7 Å². The third-order valence-corrected chi connectivity index (χ3v) is 4.05. The number of hydrogen-bond donors (Lipinski definition) is 2. The molecule has 1 aromatic carbocycles. The van der Waals surface area contributed by atoms with Gasteiger partial charge in [0.05, 0.1) is 6.04 Å². The summed E-state index contributed by atoms with van der Waals surface area (Å²) in [5.74, 6) is 0.859. The average molecular weight is 318 g/mol. The minimum absolute atomic E-state index is 0.148. The highest BCUT2D eigenvalue weighted by Crippen LogP contribution is 2.23. The normalized spacial score (nSPS) is 12.3. The summed E-state index contributed by atoms with van der Waals surface area (Å²) in [5.41, 5.74) is 2.12. The van der Waals surface area contributed by atoms with Crippen LogP contribution in [0.2, 0.25) is 0 Å². The van der Waals surface area contributed by atoms with Crippen molar-refractivity contribution in [2.75, 3.05) is 5.32 Å². The van der Waals surface area contributed by atoms with Crippen LogP contribution < -0.4 is 5.32 Å². The fourth-order valence-corrected chi connectivity index (χ4v) is 2.81. The van der Waals surface area contributed by atoms with Gasteiger partial charge in [-0.15, -0.1) is 0 Å². The van der Waals surface area contributed by atoms with Crippen LogP contribution in [0.5, 0.6) is 0 Å². The lowest BCUT2D eigenvalue weighted by Gasteiger charge is -2.20. The Morgan fingerprint density at radius 3 is 2.83 bits per heavy atom. The Balaban J connectivity index is 1.56. The van der Waals surface area contributed by atoms with Gasteiger partial charge < -0.3 is 10.3 Å². The molecule has 0 spiro atoms. The molecule has 0 amide bonds. The highest BCUT2D eigenvalue weighted by atomic mass is 15.3. The molecule has 6 nitrogen and oxygen atoms in total. The number of H-pyrrole nitrogens is 1. The van der Waals surface area contributed by atoms with Crippen LogP contribution in [0.4, 0.5) is 5.82 Å². The van der Waals surface area contributed by atoms with Crippen LogP contribution in [0.3, 0.4) is 0 Å². The van der Waals surface area contributed by atoms with Crippen molar-refractivity contribution in [2.45, 2.75) is 19.0 Å². The highest BCUT2D eigenvalue weighted by Gasteiger charge is 2.13. The topological polar surface area (TPSA) is 71.4 Å². The van der Waals surface area contributed by atoms with Gasteiger partial charge in [-0.1, -0.05) is 30.3 Å². The van der Waals surface area contributed by atoms with Crippen molar-refractivity contribution in [3.8, 4) is 0 Å². The SMILES string of the molecule is c1ccc([C@H](CCn2cncn2)Nc2ccc3cc[nH]c3n2)cc1. The quantitative estimate of drug-likeness (QED) is 0.571. The van der Waals surface area contributed by atoms with Gasteiger partial charge in [-0.25, -0.2) is 9.97 Å². The number of aromatic nitrogens is 5. The summed E-state index contributed by atoms with van der Waals surface area (Å²) in [6, 6.07) is 16.7. The number of benzene rings is 1. The van der Waals surface area contributed by atoms with Crippen molar-refractivity contribution in [1.29, 1.82) is 0 Å². The first-order valence-electron chi connectivity index (χ1n) is 7.96. The van der Waals surface area contributed by atoms with Gasteiger partial charge in [0, 0.05) is 18.1 Å². The van der Waals surface area contributed by atoms with Crippen molar-refractivity contribution in [3.05, 3.63) is 72.9 Å². The summed E-state index contributed by atoms with van der Waals surface area (Å²) in [4.78, 5) is 11.8. The van der Waals surface area contributed by atoms with Crippen LogP contribution >= 0.6 is 0 Å². The predicted octanol–water partition coefficient (Wildman–Crippen LogP) is 3.40. The molecule has 0 saturated carbocycles. The molecule has 3 heterocycles. The smallest absolute Gasteiger partial charge is 0.139 e. The monoisotopic (exact) mass is 318 g/mol. The zero-order valence-electron chi connectivity index (χ0n) is 13.1. The first kappa shape index (κ1) is 14.4. The summed E-state index contributed by atoms with van der Waals surface area (Å²) in [6.45, 7) is 0.789. The molecule has 4 rings (SSSR count). The van der Waals surface area contributed by atoms with E-state index in [4.69, 9.17) is 0 Å². The van der Waals surface area contributed by atoms with Crippen LogP contribution in [0.25, 0.3) is 11.0 Å². The molecule has 0 saturated heterocycles. The fraction of sp³-hybridized carbons (Fsp3) is 0.167. The Hall–Kier alpha value is -3.15. The molecular weight excluding hydrogens is 300 g/mol. The molecule has 24 heavy (non-hydrogen) atoms. The molecule has 0 fully saturated rings. The first-order chi connectivity index (χ1) is 11.9. The lowest BCUT2D eigenvalue weighted by molar-refractivity contribution is 0.537. The molecule has 3 aromatic heterocycles. The van der Waals surface area contributed by atoms with E-state index in [1.165, 1.54) is 5.56 Å². The Kier molecular flexibility index (Phi) is 3.93. The average Bonchev–Trinajstić information content (AvgIpc) is 3.30. The number of pyridine rings is 1. The van der Waals surface area contributed by atoms with Crippen molar-refractivity contribution in [3.63, 3.8) is 0 Å². The van der Waals surface area contributed by atoms with E-state index in [0.717, 1.165) is 29.8 Å². The molecule has 1 atom stereocenters. The van der Waals surface area contributed by atoms with E-state index in [-0.39, 0.29) is 6.04 Å². The zero-order chi connectivity index (χ0) is 16.2. The number of nitrogens with one attached hydrogen (secondary N) is 2. The molecule has 0 aliphatic rings. The van der Waals surface area contributed by atoms with Gasteiger partial charge in [0.15, 0.2) is 0 Å². The van der Waals surface area contributed by atoms with E-state index >= 15 is 0 Å². The molecule has 0 bridgehead atoms. The molecule has 4 aromatic rings. The lowest BCUT2D eigenvalue weighted by atomic mass is 10.0. The molecule has 0 radical (unpaired) electrons. The molecule has 0 aliphatic carbocycles. The van der Waals surface area contributed by atoms with Gasteiger partial charge in [-0.2, -0.15) is 5.10 Å². The summed E-state index contributed by atoms with van der Waals surface area (Å²) in [5, 5.41) is 8.84. The van der Waals surface area contributed by atoms with Crippen LogP contribution in [-0.4, -0.2) is 24.7 Å². The maximum atomic E-state index is 4.64. The summed E-state index contributed by atoms with van der Waals surface area (Å²) in [7, 11) is 0. The predicted molar refractivity (Wildman–Crippen MR) is 93.5 cm³/mol. The third-order valence-electron chi connectivity index (χ3n) is 4.05. The number of aromatic amines is 1. The molecule has 2 N–H and O–H groups in total. The zero-order valence-corrected chi connectivity index (χ0v) is 13.1. The Morgan fingerprint density at radius 1 is 1.08 bits per heavy atom. The standard InChI is InChI=1S/C18H18N6/c1-2-4-14(5-3-1)16(9-11-24-13-19-12-21-24)22-17-7-6-15-8-10-20-18(15)23-17/h1-8,10,12-13,16H,9,11H2,(H2,20,22,23)/t16-/m0/s1. The minimum Gasteiger partial charge on any atom is -0.363 e. The van der Waals surface area contributed by atoms with E-state index in [1.54, 1.807) is 12.7 Å². The summed E-state index contributed by atoms with van der Waals surface area (Å²) < 4.78 is 1.85. The third kappa shape index (κ3) is 3.12. The highest BCUT2D eigenvalue weighted by molar-refractivity contribution is 5.77. The van der Waals surface area contributed by atoms with E-state index in [9.17, 15) is 0 Å². The van der Waals surface area contributed by atoms with Crippen molar-refractivity contribution >= 4 is 16.9 Å². The first-order valence-corrected chi connectivity index (χ1v) is 7.96. The lowest BCUT2D eigenvalue weighted by Crippen LogP contribution is -2.15. The van der Waals surface area contributed by atoms with E-state index in [0.29, 0.717) is 0 Å². The van der Waals surface area contributed by atoms with Crippen LogP contribution in [0.15, 0.2) is 67.4 Å². The molecular formula is C18H18N6. The number of rotatable bonds is 6. The van der Waals surface area contributed by atoms with Gasteiger partial charge in [0.25, 0.3) is 0 Å². The Labute approximate surface area is 139 Å². The second kappa shape index (κ2) is 6.54. The van der Waals surface area contributed by atoms with Gasteiger partial charge in [-0.05, 0) is 30.2 Å². The number of hydrogen-bond acceptors (Lipinski definition) is 4. The maximum Gasteiger partial charge on any atom is 0.139 e. The second-order valence-corrected chi connectivity index (χ2v) is 5.67. The maximum absolute atomic E-state index is 4.64. The van der Waals surface area contributed by atoms with Crippen LogP contribution in [0.1, 0.15) is 18.0 Å². The van der Waals surface area contributed by atoms with Crippen LogP contribution in [-0.2, 0) is 6.54 Å². The molecule has 120 valence electrons. The number of aryl methyl sites for hydroxylation is 1. The van der Waals surface area contributed by atoms with Gasteiger partial charge in [0.1, 0.15) is 24.1 Å². The van der Waals surface area contributed by atoms with Crippen molar-refractivity contribution < 1.29 is 0 Å². The number of nitrogens with zero attached hydrogens (tertiary/aromatic N) is 4. The second-order valence-electron chi connectivity index (χ2n) is 5.67. The Bertz CT molecular complexity index is 898. The fourth-order valence-electron chi connectivity index (χ4n) is 2.81. The number of anilines is 1. The number of fused-ring (bicyclic) bond motifs is 1. The summed E-state index contributed by atoms with van der Waals surface area (Å²) in [6.07, 6.45) is 6.09. The van der Waals surface area contributed by atoms with E-state index in [2.05, 4.69) is 55.7 Å². The minimum atomic E-state index is 0.148. The summed E-state index contributed by atoms with van der Waals surface area (Å²) >= 11 is 0. The molecule has 0 unspecified atom stereocenters. The largest absolute Gasteiger partial charge is 0.363 e. The van der Waals surface area contributed by atoms with Gasteiger partial charge in [-0.3, -0.25) is 4.68 Å². The van der Waals surface area contributed by atoms with E-state index < -0.39 is 0 Å². The Morgan fingerprint density at radius 2 is 2.00 bits per heavy atom. The van der Waals surface area contributed by atoms with Gasteiger partial charge >= 0.3 is 0 Å².